The molecule has 1 N–H and O–H groups in total. The Labute approximate surface area is 127 Å². The van der Waals surface area contributed by atoms with Crippen molar-refractivity contribution in [2.45, 2.75) is 77.6 Å². The highest BCUT2D eigenvalue weighted by Crippen LogP contribution is 2.13. The molecule has 0 aromatic heterocycles. The first-order valence-electron chi connectivity index (χ1n) is 8.21. The van der Waals surface area contributed by atoms with E-state index in [4.69, 9.17) is 0 Å². The minimum absolute atomic E-state index is 0.0437. The predicted octanol–water partition coefficient (Wildman–Crippen LogP) is 3.45. The first-order chi connectivity index (χ1) is 10.1. The Hall–Kier alpha value is -1.45. The summed E-state index contributed by atoms with van der Waals surface area (Å²) in [6.07, 6.45) is 12.8. The van der Waals surface area contributed by atoms with E-state index in [0.717, 1.165) is 12.8 Å². The molecule has 0 radical (unpaired) electrons. The van der Waals surface area contributed by atoms with Gasteiger partial charge in [0.05, 0.1) is 6.42 Å². The van der Waals surface area contributed by atoms with E-state index < -0.39 is 5.91 Å². The molecule has 1 aliphatic rings. The molecule has 1 heterocycles. The molecule has 1 aliphatic heterocycles. The van der Waals surface area contributed by atoms with E-state index in [1.54, 1.807) is 0 Å². The third-order valence-electron chi connectivity index (χ3n) is 3.76. The lowest BCUT2D eigenvalue weighted by Gasteiger charge is -2.01. The quantitative estimate of drug-likeness (QED) is 0.360. The summed E-state index contributed by atoms with van der Waals surface area (Å²) in [4.78, 5) is 34.0. The molecule has 118 valence electrons. The number of ketones is 1. The standard InChI is InChI=1S/C17H27NO3/c1-2-3-4-5-6-7-8-9-10-11-15(19)12-14-13-16(20)18-17(14)21/h12H,2-11,13H2,1H3,(H,18,20,21). The van der Waals surface area contributed by atoms with Crippen LogP contribution in [-0.2, 0) is 14.4 Å². The van der Waals surface area contributed by atoms with E-state index in [0.29, 0.717) is 12.0 Å². The normalized spacial score (nSPS) is 16.5. The Balaban J connectivity index is 2.03. The first kappa shape index (κ1) is 17.6. The molecule has 1 saturated heterocycles. The number of rotatable bonds is 11. The highest BCUT2D eigenvalue weighted by atomic mass is 16.2. The number of allylic oxidation sites excluding steroid dienone is 1. The topological polar surface area (TPSA) is 63.2 Å². The van der Waals surface area contributed by atoms with Gasteiger partial charge in [-0.1, -0.05) is 58.3 Å². The van der Waals surface area contributed by atoms with E-state index in [2.05, 4.69) is 12.2 Å². The van der Waals surface area contributed by atoms with Crippen molar-refractivity contribution in [3.05, 3.63) is 11.6 Å². The van der Waals surface area contributed by atoms with Crippen molar-refractivity contribution in [1.82, 2.24) is 5.32 Å². The molecule has 0 atom stereocenters. The third-order valence-corrected chi connectivity index (χ3v) is 3.76. The molecular weight excluding hydrogens is 266 g/mol. The van der Waals surface area contributed by atoms with E-state index >= 15 is 0 Å². The molecule has 1 rings (SSSR count). The van der Waals surface area contributed by atoms with Crippen LogP contribution in [0.25, 0.3) is 0 Å². The van der Waals surface area contributed by atoms with Gasteiger partial charge in [0.15, 0.2) is 5.78 Å². The van der Waals surface area contributed by atoms with Crippen LogP contribution in [0.5, 0.6) is 0 Å². The van der Waals surface area contributed by atoms with Gasteiger partial charge < -0.3 is 0 Å². The highest BCUT2D eigenvalue weighted by molar-refractivity contribution is 6.15. The van der Waals surface area contributed by atoms with Crippen LogP contribution in [0.2, 0.25) is 0 Å². The number of carbonyl (C=O) groups is 3. The molecule has 21 heavy (non-hydrogen) atoms. The average Bonchev–Trinajstić information content (AvgIpc) is 2.75. The lowest BCUT2D eigenvalue weighted by atomic mass is 10.0. The fraction of sp³-hybridized carbons (Fsp3) is 0.706. The molecule has 0 spiro atoms. The molecule has 2 amide bonds. The number of amides is 2. The van der Waals surface area contributed by atoms with Crippen LogP contribution in [0.4, 0.5) is 0 Å². The SMILES string of the molecule is CCCCCCCCCCCC(=O)C=C1CC(=O)NC1=O. The summed E-state index contributed by atoms with van der Waals surface area (Å²) in [7, 11) is 0. The van der Waals surface area contributed by atoms with Gasteiger partial charge in [-0.3, -0.25) is 19.7 Å². The summed E-state index contributed by atoms with van der Waals surface area (Å²) in [6, 6.07) is 0. The van der Waals surface area contributed by atoms with E-state index in [9.17, 15) is 14.4 Å². The largest absolute Gasteiger partial charge is 0.295 e. The van der Waals surface area contributed by atoms with Crippen molar-refractivity contribution in [2.75, 3.05) is 0 Å². The van der Waals surface area contributed by atoms with Gasteiger partial charge in [-0.2, -0.15) is 0 Å². The molecular formula is C17H27NO3. The average molecular weight is 293 g/mol. The van der Waals surface area contributed by atoms with Crippen LogP contribution in [0, 0.1) is 0 Å². The Morgan fingerprint density at radius 3 is 2.10 bits per heavy atom. The molecule has 0 bridgehead atoms. The van der Waals surface area contributed by atoms with Crippen molar-refractivity contribution in [2.24, 2.45) is 0 Å². The van der Waals surface area contributed by atoms with Gasteiger partial charge in [-0.25, -0.2) is 0 Å². The van der Waals surface area contributed by atoms with Gasteiger partial charge in [-0.15, -0.1) is 0 Å². The second-order valence-electron chi connectivity index (χ2n) is 5.77. The van der Waals surface area contributed by atoms with Crippen LogP contribution in [0.1, 0.15) is 77.6 Å². The van der Waals surface area contributed by atoms with E-state index in [1.807, 2.05) is 0 Å². The Bertz CT molecular complexity index is 399. The second-order valence-corrected chi connectivity index (χ2v) is 5.77. The van der Waals surface area contributed by atoms with Gasteiger partial charge in [0.25, 0.3) is 5.91 Å². The maximum Gasteiger partial charge on any atom is 0.254 e. The van der Waals surface area contributed by atoms with Crippen molar-refractivity contribution in [3.8, 4) is 0 Å². The molecule has 0 aliphatic carbocycles. The maximum absolute atomic E-state index is 11.7. The van der Waals surface area contributed by atoms with Crippen LogP contribution in [-0.4, -0.2) is 17.6 Å². The monoisotopic (exact) mass is 293 g/mol. The molecule has 0 aromatic rings. The molecule has 4 heteroatoms. The zero-order chi connectivity index (χ0) is 15.5. The first-order valence-corrected chi connectivity index (χ1v) is 8.21. The van der Waals surface area contributed by atoms with Gasteiger partial charge in [0.2, 0.25) is 5.91 Å². The molecule has 0 aromatic carbocycles. The smallest absolute Gasteiger partial charge is 0.254 e. The van der Waals surface area contributed by atoms with Gasteiger partial charge >= 0.3 is 0 Å². The fourth-order valence-electron chi connectivity index (χ4n) is 2.50. The summed E-state index contributed by atoms with van der Waals surface area (Å²) in [6.45, 7) is 2.22. The maximum atomic E-state index is 11.7. The van der Waals surface area contributed by atoms with Crippen molar-refractivity contribution >= 4 is 17.6 Å². The van der Waals surface area contributed by atoms with Crippen molar-refractivity contribution in [3.63, 3.8) is 0 Å². The molecule has 4 nitrogen and oxygen atoms in total. The highest BCUT2D eigenvalue weighted by Gasteiger charge is 2.24. The van der Waals surface area contributed by atoms with Gasteiger partial charge in [0.1, 0.15) is 0 Å². The Morgan fingerprint density at radius 2 is 1.57 bits per heavy atom. The van der Waals surface area contributed by atoms with Crippen LogP contribution in [0.3, 0.4) is 0 Å². The zero-order valence-electron chi connectivity index (χ0n) is 13.1. The Kier molecular flexibility index (Phi) is 8.63. The van der Waals surface area contributed by atoms with Crippen molar-refractivity contribution in [1.29, 1.82) is 0 Å². The number of unbranched alkanes of at least 4 members (excludes halogenated alkanes) is 8. The fourth-order valence-corrected chi connectivity index (χ4v) is 2.50. The van der Waals surface area contributed by atoms with Gasteiger partial charge in [0, 0.05) is 12.0 Å². The molecule has 1 fully saturated rings. The van der Waals surface area contributed by atoms with Crippen LogP contribution in [0.15, 0.2) is 11.6 Å². The lowest BCUT2D eigenvalue weighted by molar-refractivity contribution is -0.124. The summed E-state index contributed by atoms with van der Waals surface area (Å²) >= 11 is 0. The predicted molar refractivity (Wildman–Crippen MR) is 82.7 cm³/mol. The van der Waals surface area contributed by atoms with E-state index in [-0.39, 0.29) is 18.1 Å². The minimum atomic E-state index is -0.416. The summed E-state index contributed by atoms with van der Waals surface area (Å²) in [5.41, 5.74) is 0.306. The summed E-state index contributed by atoms with van der Waals surface area (Å²) in [5, 5.41) is 2.18. The summed E-state index contributed by atoms with van der Waals surface area (Å²) in [5.74, 6) is -0.777. The molecule has 0 unspecified atom stereocenters. The van der Waals surface area contributed by atoms with Gasteiger partial charge in [-0.05, 0) is 12.5 Å². The zero-order valence-corrected chi connectivity index (χ0v) is 13.1. The number of hydrogen-bond donors (Lipinski definition) is 1. The Morgan fingerprint density at radius 1 is 1.00 bits per heavy atom. The lowest BCUT2D eigenvalue weighted by Crippen LogP contribution is -2.19. The van der Waals surface area contributed by atoms with Crippen LogP contribution >= 0.6 is 0 Å². The summed E-state index contributed by atoms with van der Waals surface area (Å²) < 4.78 is 0. The number of nitrogens with one attached hydrogen (secondary N) is 1. The molecule has 0 saturated carbocycles. The minimum Gasteiger partial charge on any atom is -0.295 e. The van der Waals surface area contributed by atoms with Crippen LogP contribution < -0.4 is 5.32 Å². The number of imide groups is 1. The number of carbonyl (C=O) groups excluding carboxylic acids is 3. The van der Waals surface area contributed by atoms with E-state index in [1.165, 1.54) is 51.0 Å². The van der Waals surface area contributed by atoms with Crippen molar-refractivity contribution < 1.29 is 14.4 Å². The number of hydrogen-bond acceptors (Lipinski definition) is 3. The second kappa shape index (κ2) is 10.3. The third kappa shape index (κ3) is 7.78.